The van der Waals surface area contributed by atoms with Crippen LogP contribution in [0.5, 0.6) is 11.5 Å². The van der Waals surface area contributed by atoms with Crippen molar-refractivity contribution in [3.05, 3.63) is 53.1 Å². The highest BCUT2D eigenvalue weighted by atomic mass is 32.2. The summed E-state index contributed by atoms with van der Waals surface area (Å²) >= 11 is 0. The molecule has 0 saturated carbocycles. The first-order valence-electron chi connectivity index (χ1n) is 9.92. The van der Waals surface area contributed by atoms with Crippen molar-refractivity contribution in [2.75, 3.05) is 31.3 Å². The summed E-state index contributed by atoms with van der Waals surface area (Å²) in [7, 11) is -0.647. The van der Waals surface area contributed by atoms with Crippen molar-refractivity contribution >= 4 is 21.6 Å². The molecule has 0 spiro atoms. The number of hydrogen-bond acceptors (Lipinski definition) is 5. The Balaban J connectivity index is 2.04. The zero-order valence-electron chi connectivity index (χ0n) is 17.8. The molecule has 30 heavy (non-hydrogen) atoms. The summed E-state index contributed by atoms with van der Waals surface area (Å²) in [5.74, 6) is 0.365. The van der Waals surface area contributed by atoms with Crippen molar-refractivity contribution in [3.8, 4) is 11.5 Å². The van der Waals surface area contributed by atoms with Crippen molar-refractivity contribution in [1.82, 2.24) is 5.32 Å². The molecule has 0 aromatic heterocycles. The third kappa shape index (κ3) is 4.38. The van der Waals surface area contributed by atoms with Crippen LogP contribution in [-0.2, 0) is 16.4 Å². The summed E-state index contributed by atoms with van der Waals surface area (Å²) in [6, 6.07) is 11.0. The van der Waals surface area contributed by atoms with Crippen molar-refractivity contribution in [2.24, 2.45) is 0 Å². The summed E-state index contributed by atoms with van der Waals surface area (Å²) in [5, 5.41) is 3.09. The largest absolute Gasteiger partial charge is 0.493 e. The molecule has 162 valence electrons. The second-order valence-electron chi connectivity index (χ2n) is 7.27. The van der Waals surface area contributed by atoms with Crippen LogP contribution in [0.2, 0.25) is 0 Å². The lowest BCUT2D eigenvalue weighted by Gasteiger charge is -2.28. The minimum atomic E-state index is -3.59. The summed E-state index contributed by atoms with van der Waals surface area (Å²) in [6.45, 7) is 1.90. The predicted octanol–water partition coefficient (Wildman–Crippen LogP) is 3.30. The lowest BCUT2D eigenvalue weighted by molar-refractivity contribution is 0.0933. The number of amides is 1. The van der Waals surface area contributed by atoms with E-state index in [1.165, 1.54) is 36.2 Å². The van der Waals surface area contributed by atoms with Gasteiger partial charge in [0.2, 0.25) is 10.0 Å². The van der Waals surface area contributed by atoms with Gasteiger partial charge in [-0.2, -0.15) is 0 Å². The van der Waals surface area contributed by atoms with E-state index >= 15 is 0 Å². The lowest BCUT2D eigenvalue weighted by Crippen LogP contribution is -2.35. The molecule has 0 heterocycles. The van der Waals surface area contributed by atoms with E-state index in [0.29, 0.717) is 11.5 Å². The molecule has 1 atom stereocenters. The maximum Gasteiger partial charge on any atom is 0.254 e. The normalized spacial score (nSPS) is 15.8. The van der Waals surface area contributed by atoms with Crippen molar-refractivity contribution < 1.29 is 22.7 Å². The number of ether oxygens (including phenoxy) is 2. The predicted molar refractivity (Wildman–Crippen MR) is 117 cm³/mol. The highest BCUT2D eigenvalue weighted by Gasteiger charge is 2.28. The summed E-state index contributed by atoms with van der Waals surface area (Å²) < 4.78 is 36.6. The van der Waals surface area contributed by atoms with E-state index in [1.54, 1.807) is 6.92 Å². The molecule has 8 heteroatoms. The topological polar surface area (TPSA) is 84.9 Å². The van der Waals surface area contributed by atoms with Crippen molar-refractivity contribution in [1.29, 1.82) is 0 Å². The molecule has 1 N–H and O–H groups in total. The number of anilines is 1. The number of fused-ring (bicyclic) bond motifs is 1. The molecule has 2 aromatic rings. The summed E-state index contributed by atoms with van der Waals surface area (Å²) in [6.07, 6.45) is 3.91. The Hall–Kier alpha value is -2.74. The minimum absolute atomic E-state index is 0.128. The molecule has 1 amide bonds. The molecule has 1 aliphatic rings. The van der Waals surface area contributed by atoms with Gasteiger partial charge in [0.1, 0.15) is 0 Å². The van der Waals surface area contributed by atoms with Gasteiger partial charge in [-0.3, -0.25) is 9.10 Å². The van der Waals surface area contributed by atoms with Gasteiger partial charge in [0.15, 0.2) is 11.5 Å². The van der Waals surface area contributed by atoms with E-state index in [4.69, 9.17) is 9.47 Å². The second kappa shape index (κ2) is 8.95. The fourth-order valence-corrected chi connectivity index (χ4v) is 4.96. The van der Waals surface area contributed by atoms with Crippen LogP contribution in [0.4, 0.5) is 5.69 Å². The fraction of sp³-hybridized carbons (Fsp3) is 0.409. The Bertz CT molecular complexity index is 1040. The molecule has 3 rings (SSSR count). The van der Waals surface area contributed by atoms with Crippen LogP contribution in [-0.4, -0.2) is 41.3 Å². The average molecular weight is 433 g/mol. The molecule has 0 bridgehead atoms. The molecular formula is C22H28N2O5S. The molecule has 0 aliphatic heterocycles. The van der Waals surface area contributed by atoms with Crippen LogP contribution in [0, 0.1) is 0 Å². The number of aryl methyl sites for hydroxylation is 1. The van der Waals surface area contributed by atoms with Gasteiger partial charge in [-0.1, -0.05) is 24.3 Å². The Labute approximate surface area is 178 Å². The van der Waals surface area contributed by atoms with Crippen LogP contribution < -0.4 is 19.1 Å². The smallest absolute Gasteiger partial charge is 0.254 e. The number of hydrogen-bond donors (Lipinski definition) is 1. The Morgan fingerprint density at radius 1 is 1.17 bits per heavy atom. The quantitative estimate of drug-likeness (QED) is 0.726. The molecule has 1 aliphatic carbocycles. The van der Waals surface area contributed by atoms with Gasteiger partial charge in [-0.25, -0.2) is 8.42 Å². The minimum Gasteiger partial charge on any atom is -0.493 e. The van der Waals surface area contributed by atoms with Crippen LogP contribution in [0.1, 0.15) is 47.3 Å². The third-order valence-corrected chi connectivity index (χ3v) is 6.63. The van der Waals surface area contributed by atoms with Crippen LogP contribution in [0.3, 0.4) is 0 Å². The molecule has 0 unspecified atom stereocenters. The Kier molecular flexibility index (Phi) is 6.55. The van der Waals surface area contributed by atoms with Gasteiger partial charge < -0.3 is 14.8 Å². The Morgan fingerprint density at radius 3 is 2.47 bits per heavy atom. The molecule has 7 nitrogen and oxygen atoms in total. The van der Waals surface area contributed by atoms with Gasteiger partial charge in [-0.15, -0.1) is 0 Å². The molecule has 2 aromatic carbocycles. The standard InChI is InChI=1S/C22H28N2O5S/c1-5-24(30(4,26)27)19-14-21(29-3)20(28-2)13-17(19)22(25)23-18-12-8-10-15-9-6-7-11-16(15)18/h6-7,9,11,13-14,18H,5,8,10,12H2,1-4H3,(H,23,25)/t18-/m1/s1. The van der Waals surface area contributed by atoms with E-state index in [1.807, 2.05) is 18.2 Å². The van der Waals surface area contributed by atoms with Crippen LogP contribution in [0.25, 0.3) is 0 Å². The zero-order chi connectivity index (χ0) is 21.9. The van der Waals surface area contributed by atoms with E-state index in [9.17, 15) is 13.2 Å². The van der Waals surface area contributed by atoms with Gasteiger partial charge in [-0.05, 0) is 43.4 Å². The fourth-order valence-electron chi connectivity index (χ4n) is 3.98. The maximum absolute atomic E-state index is 13.3. The number of methoxy groups -OCH3 is 2. The molecular weight excluding hydrogens is 404 g/mol. The lowest BCUT2D eigenvalue weighted by atomic mass is 9.87. The SMILES string of the molecule is CCN(c1cc(OC)c(OC)cc1C(=O)N[C@@H]1CCCc2ccccc21)S(C)(=O)=O. The van der Waals surface area contributed by atoms with E-state index in [2.05, 4.69) is 11.4 Å². The number of benzene rings is 2. The molecule has 0 fully saturated rings. The zero-order valence-corrected chi connectivity index (χ0v) is 18.6. The first-order chi connectivity index (χ1) is 14.3. The highest BCUT2D eigenvalue weighted by Crippen LogP contribution is 2.37. The number of nitrogens with zero attached hydrogens (tertiary/aromatic N) is 1. The number of nitrogens with one attached hydrogen (secondary N) is 1. The molecule has 0 radical (unpaired) electrons. The number of sulfonamides is 1. The van der Waals surface area contributed by atoms with Gasteiger partial charge in [0.05, 0.1) is 37.8 Å². The number of rotatable bonds is 7. The van der Waals surface area contributed by atoms with E-state index in [0.717, 1.165) is 31.1 Å². The second-order valence-corrected chi connectivity index (χ2v) is 9.18. The van der Waals surface area contributed by atoms with Crippen molar-refractivity contribution in [3.63, 3.8) is 0 Å². The summed E-state index contributed by atoms with van der Waals surface area (Å²) in [4.78, 5) is 13.3. The first kappa shape index (κ1) is 22.0. The van der Waals surface area contributed by atoms with Crippen LogP contribution in [0.15, 0.2) is 36.4 Å². The average Bonchev–Trinajstić information content (AvgIpc) is 2.73. The summed E-state index contributed by atoms with van der Waals surface area (Å²) in [5.41, 5.74) is 2.82. The number of carbonyl (C=O) groups excluding carboxylic acids is 1. The van der Waals surface area contributed by atoms with Gasteiger partial charge in [0, 0.05) is 12.6 Å². The van der Waals surface area contributed by atoms with Crippen LogP contribution >= 0.6 is 0 Å². The van der Waals surface area contributed by atoms with E-state index < -0.39 is 10.0 Å². The Morgan fingerprint density at radius 2 is 1.83 bits per heavy atom. The monoisotopic (exact) mass is 432 g/mol. The highest BCUT2D eigenvalue weighted by molar-refractivity contribution is 7.92. The van der Waals surface area contributed by atoms with E-state index in [-0.39, 0.29) is 29.7 Å². The van der Waals surface area contributed by atoms with Gasteiger partial charge in [0.25, 0.3) is 5.91 Å². The van der Waals surface area contributed by atoms with Gasteiger partial charge >= 0.3 is 0 Å². The maximum atomic E-state index is 13.3. The molecule has 0 saturated heterocycles. The number of carbonyl (C=O) groups is 1. The third-order valence-electron chi connectivity index (χ3n) is 5.38. The van der Waals surface area contributed by atoms with Crippen molar-refractivity contribution in [2.45, 2.75) is 32.2 Å². The first-order valence-corrected chi connectivity index (χ1v) is 11.8.